The molecular formula is C34H45N3OS. The molecule has 0 radical (unpaired) electrons. The second-order valence-electron chi connectivity index (χ2n) is 12.5. The van der Waals surface area contributed by atoms with Gasteiger partial charge in [-0.05, 0) is 95.7 Å². The highest BCUT2D eigenvalue weighted by atomic mass is 32.1. The Morgan fingerprint density at radius 1 is 0.897 bits per heavy atom. The van der Waals surface area contributed by atoms with E-state index in [1.807, 2.05) is 5.38 Å². The Morgan fingerprint density at radius 3 is 1.92 bits per heavy atom. The van der Waals surface area contributed by atoms with Gasteiger partial charge in [-0.1, -0.05) is 66.1 Å². The molecule has 2 heterocycles. The molecule has 1 amide bonds. The number of carbonyl (C=O) groups excluding carboxylic acids is 1. The van der Waals surface area contributed by atoms with Crippen LogP contribution in [0.3, 0.4) is 0 Å². The van der Waals surface area contributed by atoms with Gasteiger partial charge < -0.3 is 5.32 Å². The van der Waals surface area contributed by atoms with Crippen molar-refractivity contribution in [3.8, 4) is 0 Å². The van der Waals surface area contributed by atoms with Crippen molar-refractivity contribution >= 4 is 22.4 Å². The number of nitrogens with zero attached hydrogens (tertiary/aromatic N) is 2. The minimum absolute atomic E-state index is 0.0630. The molecule has 2 aromatic carbocycles. The van der Waals surface area contributed by atoms with Crippen LogP contribution in [-0.4, -0.2) is 34.4 Å². The first-order valence-electron chi connectivity index (χ1n) is 14.9. The van der Waals surface area contributed by atoms with Crippen molar-refractivity contribution in [2.24, 2.45) is 0 Å². The van der Waals surface area contributed by atoms with E-state index in [1.165, 1.54) is 73.1 Å². The van der Waals surface area contributed by atoms with Gasteiger partial charge in [-0.15, -0.1) is 11.3 Å². The van der Waals surface area contributed by atoms with Gasteiger partial charge in [0.05, 0.1) is 0 Å². The van der Waals surface area contributed by atoms with Crippen LogP contribution in [0.1, 0.15) is 93.9 Å². The molecule has 1 aliphatic heterocycles. The number of nitrogens with one attached hydrogen (secondary N) is 1. The predicted molar refractivity (Wildman–Crippen MR) is 164 cm³/mol. The van der Waals surface area contributed by atoms with Gasteiger partial charge in [-0.2, -0.15) is 0 Å². The summed E-state index contributed by atoms with van der Waals surface area (Å²) in [5.74, 6) is 0.0630. The second kappa shape index (κ2) is 11.9. The van der Waals surface area contributed by atoms with Crippen molar-refractivity contribution in [3.05, 3.63) is 82.4 Å². The number of hydrogen-bond acceptors (Lipinski definition) is 4. The van der Waals surface area contributed by atoms with Crippen LogP contribution in [-0.2, 0) is 15.6 Å². The first kappa shape index (κ1) is 28.0. The van der Waals surface area contributed by atoms with E-state index in [0.717, 1.165) is 24.9 Å². The molecule has 1 saturated heterocycles. The molecule has 5 heteroatoms. The molecule has 2 saturated carbocycles. The van der Waals surface area contributed by atoms with E-state index in [2.05, 4.69) is 91.4 Å². The zero-order chi connectivity index (χ0) is 27.5. The van der Waals surface area contributed by atoms with Crippen LogP contribution >= 0.6 is 11.3 Å². The molecule has 0 bridgehead atoms. The maximum atomic E-state index is 12.1. The third-order valence-electron chi connectivity index (χ3n) is 9.44. The highest BCUT2D eigenvalue weighted by Gasteiger charge is 2.46. The number of thiazole rings is 1. The summed E-state index contributed by atoms with van der Waals surface area (Å²) in [4.78, 5) is 18.9. The molecule has 0 spiro atoms. The number of amides is 1. The molecule has 1 aromatic heterocycles. The number of piperidine rings is 1. The fraction of sp³-hybridized carbons (Fsp3) is 0.529. The SMILES string of the molecule is Cc1ccc(C2(CC(=O)Nc3nccs3)CC2)cc1.Cc1ccc(C2(CCN3C(C)CCCC3C)CC2)cc1. The largest absolute Gasteiger partial charge is 0.302 e. The van der Waals surface area contributed by atoms with Crippen molar-refractivity contribution in [2.75, 3.05) is 11.9 Å². The van der Waals surface area contributed by atoms with Crippen LogP contribution in [0.5, 0.6) is 0 Å². The molecule has 208 valence electrons. The summed E-state index contributed by atoms with van der Waals surface area (Å²) in [5, 5.41) is 5.42. The van der Waals surface area contributed by atoms with Gasteiger partial charge in [0.2, 0.25) is 5.91 Å². The first-order chi connectivity index (χ1) is 18.8. The average Bonchev–Trinajstić information content (AvgIpc) is 3.83. The number of rotatable bonds is 8. The van der Waals surface area contributed by atoms with E-state index in [0.29, 0.717) is 17.0 Å². The summed E-state index contributed by atoms with van der Waals surface area (Å²) in [6.45, 7) is 10.4. The molecule has 39 heavy (non-hydrogen) atoms. The van der Waals surface area contributed by atoms with E-state index in [4.69, 9.17) is 0 Å². The lowest BCUT2D eigenvalue weighted by Gasteiger charge is -2.39. The van der Waals surface area contributed by atoms with Crippen LogP contribution in [0, 0.1) is 13.8 Å². The molecule has 3 aliphatic rings. The zero-order valence-electron chi connectivity index (χ0n) is 24.2. The quantitative estimate of drug-likeness (QED) is 0.311. The fourth-order valence-electron chi connectivity index (χ4n) is 6.38. The predicted octanol–water partition coefficient (Wildman–Crippen LogP) is 8.19. The molecule has 2 atom stereocenters. The van der Waals surface area contributed by atoms with Crippen molar-refractivity contribution in [2.45, 2.75) is 108 Å². The Morgan fingerprint density at radius 2 is 1.44 bits per heavy atom. The van der Waals surface area contributed by atoms with Gasteiger partial charge in [0.25, 0.3) is 0 Å². The topological polar surface area (TPSA) is 45.2 Å². The van der Waals surface area contributed by atoms with E-state index in [1.54, 1.807) is 11.8 Å². The van der Waals surface area contributed by atoms with E-state index in [9.17, 15) is 4.79 Å². The molecule has 3 aromatic rings. The Bertz CT molecular complexity index is 1200. The minimum Gasteiger partial charge on any atom is -0.302 e. The highest BCUT2D eigenvalue weighted by molar-refractivity contribution is 7.13. The van der Waals surface area contributed by atoms with Crippen LogP contribution in [0.15, 0.2) is 60.1 Å². The fourth-order valence-corrected chi connectivity index (χ4v) is 6.93. The van der Waals surface area contributed by atoms with Gasteiger partial charge in [0.15, 0.2) is 5.13 Å². The normalized spacial score (nSPS) is 22.9. The molecule has 2 aliphatic carbocycles. The lowest BCUT2D eigenvalue weighted by molar-refractivity contribution is -0.116. The van der Waals surface area contributed by atoms with E-state index in [-0.39, 0.29) is 11.3 Å². The summed E-state index contributed by atoms with van der Waals surface area (Å²) in [5.41, 5.74) is 6.09. The maximum Gasteiger partial charge on any atom is 0.227 e. The highest BCUT2D eigenvalue weighted by Crippen LogP contribution is 2.52. The maximum absolute atomic E-state index is 12.1. The number of likely N-dealkylation sites (tertiary alicyclic amines) is 1. The van der Waals surface area contributed by atoms with Crippen LogP contribution in [0.4, 0.5) is 5.13 Å². The number of aryl methyl sites for hydroxylation is 2. The summed E-state index contributed by atoms with van der Waals surface area (Å²) in [6.07, 6.45) is 12.8. The van der Waals surface area contributed by atoms with Crippen molar-refractivity contribution in [1.82, 2.24) is 9.88 Å². The van der Waals surface area contributed by atoms with Gasteiger partial charge >= 0.3 is 0 Å². The monoisotopic (exact) mass is 543 g/mol. The molecule has 4 nitrogen and oxygen atoms in total. The molecule has 2 unspecified atom stereocenters. The van der Waals surface area contributed by atoms with Gasteiger partial charge in [-0.3, -0.25) is 9.69 Å². The number of carbonyl (C=O) groups is 1. The van der Waals surface area contributed by atoms with E-state index >= 15 is 0 Å². The Balaban J connectivity index is 0.000000158. The number of benzene rings is 2. The zero-order valence-corrected chi connectivity index (χ0v) is 25.0. The Labute approximate surface area is 239 Å². The summed E-state index contributed by atoms with van der Waals surface area (Å²) in [7, 11) is 0. The Kier molecular flexibility index (Phi) is 8.58. The molecule has 6 rings (SSSR count). The third-order valence-corrected chi connectivity index (χ3v) is 10.1. The van der Waals surface area contributed by atoms with Crippen LogP contribution in [0.2, 0.25) is 0 Å². The number of hydrogen-bond donors (Lipinski definition) is 1. The smallest absolute Gasteiger partial charge is 0.227 e. The van der Waals surface area contributed by atoms with Gasteiger partial charge in [-0.25, -0.2) is 4.98 Å². The second-order valence-corrected chi connectivity index (χ2v) is 13.4. The summed E-state index contributed by atoms with van der Waals surface area (Å²) < 4.78 is 0. The standard InChI is InChI=1S/C19H29N.C15H16N2OS/c1-15-7-9-18(10-8-15)19(11-12-19)13-14-20-16(2)5-4-6-17(20)3;1-11-2-4-12(5-3-11)15(6-7-15)10-13(18)17-14-16-8-9-19-14/h7-10,16-17H,4-6,11-14H2,1-3H3;2-5,8-9H,6-7,10H2,1H3,(H,16,17,18). The minimum atomic E-state index is 0.0630. The lowest BCUT2D eigenvalue weighted by Crippen LogP contribution is -2.44. The van der Waals surface area contributed by atoms with Gasteiger partial charge in [0.1, 0.15) is 0 Å². The van der Waals surface area contributed by atoms with Crippen LogP contribution in [0.25, 0.3) is 0 Å². The summed E-state index contributed by atoms with van der Waals surface area (Å²) >= 11 is 1.45. The third kappa shape index (κ3) is 6.99. The molecular weight excluding hydrogens is 498 g/mol. The first-order valence-corrected chi connectivity index (χ1v) is 15.8. The molecule has 3 fully saturated rings. The van der Waals surface area contributed by atoms with E-state index < -0.39 is 0 Å². The van der Waals surface area contributed by atoms with Crippen LogP contribution < -0.4 is 5.32 Å². The molecule has 1 N–H and O–H groups in total. The van der Waals surface area contributed by atoms with Gasteiger partial charge in [0, 0.05) is 35.5 Å². The van der Waals surface area contributed by atoms with Crippen molar-refractivity contribution in [1.29, 1.82) is 0 Å². The number of aromatic nitrogens is 1. The lowest BCUT2D eigenvalue weighted by atomic mass is 9.90. The summed E-state index contributed by atoms with van der Waals surface area (Å²) in [6, 6.07) is 19.4. The Hall–Kier alpha value is -2.50. The van der Waals surface area contributed by atoms with Crippen molar-refractivity contribution < 1.29 is 4.79 Å². The average molecular weight is 544 g/mol. The number of anilines is 1. The van der Waals surface area contributed by atoms with Crippen molar-refractivity contribution in [3.63, 3.8) is 0 Å².